The van der Waals surface area contributed by atoms with Crippen molar-refractivity contribution in [2.24, 2.45) is 0 Å². The number of methoxy groups -OCH3 is 2. The predicted octanol–water partition coefficient (Wildman–Crippen LogP) is 3.47. The molecule has 0 bridgehead atoms. The maximum Gasteiger partial charge on any atom is 0.327 e. The number of carbonyl (C=O) groups excluding carboxylic acids is 1. The molecule has 0 aliphatic heterocycles. The molecule has 1 N–H and O–H groups in total. The fourth-order valence-electron chi connectivity index (χ4n) is 1.73. The largest absolute Gasteiger partial charge is 0.495 e. The Bertz CT molecular complexity index is 748. The summed E-state index contributed by atoms with van der Waals surface area (Å²) in [5.41, 5.74) is 0.145. The van der Waals surface area contributed by atoms with Gasteiger partial charge in [0.15, 0.2) is 0 Å². The minimum absolute atomic E-state index is 0.0150. The molecule has 0 spiro atoms. The number of nitrogens with one attached hydrogen (secondary N) is 1. The molecule has 1 aromatic heterocycles. The third-order valence-electron chi connectivity index (χ3n) is 2.97. The van der Waals surface area contributed by atoms with Crippen molar-refractivity contribution in [3.05, 3.63) is 34.7 Å². The minimum Gasteiger partial charge on any atom is -0.495 e. The molecular formula is C14H14Cl2N4O3. The fraction of sp³-hybridized carbons (Fsp3) is 0.214. The third-order valence-corrected chi connectivity index (χ3v) is 3.72. The number of hydrogen-bond donors (Lipinski definition) is 1. The molecule has 23 heavy (non-hydrogen) atoms. The van der Waals surface area contributed by atoms with E-state index in [0.717, 1.165) is 0 Å². The van der Waals surface area contributed by atoms with Crippen LogP contribution in [-0.2, 0) is 0 Å². The molecule has 0 radical (unpaired) electrons. The Morgan fingerprint density at radius 2 is 1.91 bits per heavy atom. The SMILES string of the molecule is [2H]c1cc(N(C)C(=O)Nc2c(Cl)c(OC)cc(OC)c2Cl)ncn1. The molecule has 9 heteroatoms. The highest BCUT2D eigenvalue weighted by atomic mass is 35.5. The summed E-state index contributed by atoms with van der Waals surface area (Å²) >= 11 is 12.4. The standard InChI is InChI=1S/C14H14Cl2N4O3/c1-20(10-4-5-17-7-18-10)14(21)19-13-11(15)8(22-2)6-9(23-3)12(13)16/h4-7H,1-3H3,(H,19,21)/i5D. The van der Waals surface area contributed by atoms with Gasteiger partial charge in [0.25, 0.3) is 0 Å². The molecule has 7 nitrogen and oxygen atoms in total. The van der Waals surface area contributed by atoms with Crippen molar-refractivity contribution < 1.29 is 15.6 Å². The monoisotopic (exact) mass is 357 g/mol. The number of urea groups is 1. The average molecular weight is 358 g/mol. The van der Waals surface area contributed by atoms with E-state index in [2.05, 4.69) is 15.3 Å². The lowest BCUT2D eigenvalue weighted by molar-refractivity contribution is 0.258. The molecule has 0 aliphatic carbocycles. The molecule has 0 aliphatic rings. The van der Waals surface area contributed by atoms with E-state index < -0.39 is 6.03 Å². The van der Waals surface area contributed by atoms with Gasteiger partial charge in [0, 0.05) is 19.3 Å². The third kappa shape index (κ3) is 3.57. The molecule has 0 atom stereocenters. The van der Waals surface area contributed by atoms with Crippen LogP contribution in [0.5, 0.6) is 11.5 Å². The van der Waals surface area contributed by atoms with E-state index in [0.29, 0.717) is 11.5 Å². The highest BCUT2D eigenvalue weighted by Crippen LogP contribution is 2.44. The first-order valence-electron chi connectivity index (χ1n) is 6.82. The molecule has 0 unspecified atom stereocenters. The van der Waals surface area contributed by atoms with Crippen LogP contribution in [-0.4, -0.2) is 37.3 Å². The first-order chi connectivity index (χ1) is 11.4. The highest BCUT2D eigenvalue weighted by Gasteiger charge is 2.21. The van der Waals surface area contributed by atoms with Gasteiger partial charge in [-0.15, -0.1) is 0 Å². The number of amides is 2. The van der Waals surface area contributed by atoms with Crippen LogP contribution in [0.3, 0.4) is 0 Å². The average Bonchev–Trinajstić information content (AvgIpc) is 2.58. The summed E-state index contributed by atoms with van der Waals surface area (Å²) in [7, 11) is 4.35. The summed E-state index contributed by atoms with van der Waals surface area (Å²) in [6.45, 7) is 0. The summed E-state index contributed by atoms with van der Waals surface area (Å²) in [5, 5.41) is 2.85. The van der Waals surface area contributed by atoms with Crippen molar-refractivity contribution in [3.63, 3.8) is 0 Å². The van der Waals surface area contributed by atoms with E-state index in [1.807, 2.05) is 0 Å². The van der Waals surface area contributed by atoms with Crippen LogP contribution >= 0.6 is 23.2 Å². The lowest BCUT2D eigenvalue weighted by atomic mass is 10.2. The number of rotatable bonds is 4. The van der Waals surface area contributed by atoms with Crippen molar-refractivity contribution in [1.82, 2.24) is 9.97 Å². The van der Waals surface area contributed by atoms with Crippen molar-refractivity contribution in [2.45, 2.75) is 0 Å². The van der Waals surface area contributed by atoms with Gasteiger partial charge < -0.3 is 14.8 Å². The van der Waals surface area contributed by atoms with Crippen LogP contribution < -0.4 is 19.7 Å². The van der Waals surface area contributed by atoms with E-state index in [-0.39, 0.29) is 27.7 Å². The van der Waals surface area contributed by atoms with Crippen molar-refractivity contribution in [1.29, 1.82) is 0 Å². The molecule has 1 heterocycles. The zero-order valence-electron chi connectivity index (χ0n) is 13.6. The molecule has 2 rings (SSSR count). The zero-order valence-corrected chi connectivity index (χ0v) is 14.1. The Labute approximate surface area is 144 Å². The quantitative estimate of drug-likeness (QED) is 0.906. The number of carbonyl (C=O) groups is 1. The Morgan fingerprint density at radius 1 is 1.30 bits per heavy atom. The van der Waals surface area contributed by atoms with Crippen molar-refractivity contribution >= 4 is 40.7 Å². The fourth-order valence-corrected chi connectivity index (χ4v) is 2.32. The predicted molar refractivity (Wildman–Crippen MR) is 89.0 cm³/mol. The van der Waals surface area contributed by atoms with Gasteiger partial charge in [-0.3, -0.25) is 4.90 Å². The highest BCUT2D eigenvalue weighted by molar-refractivity contribution is 6.41. The van der Waals surface area contributed by atoms with Crippen LogP contribution in [0.1, 0.15) is 1.37 Å². The molecular weight excluding hydrogens is 343 g/mol. The Hall–Kier alpha value is -2.25. The van der Waals surface area contributed by atoms with Crippen molar-refractivity contribution in [3.8, 4) is 11.5 Å². The van der Waals surface area contributed by atoms with E-state index in [1.165, 1.54) is 44.6 Å². The molecule has 2 amide bonds. The first-order valence-corrected chi connectivity index (χ1v) is 7.08. The van der Waals surface area contributed by atoms with Crippen LogP contribution in [0.4, 0.5) is 16.3 Å². The summed E-state index contributed by atoms with van der Waals surface area (Å²) in [4.78, 5) is 21.2. The van der Waals surface area contributed by atoms with Crippen LogP contribution in [0, 0.1) is 0 Å². The molecule has 2 aromatic rings. The maximum absolute atomic E-state index is 12.4. The first kappa shape index (κ1) is 15.6. The Morgan fingerprint density at radius 3 is 2.43 bits per heavy atom. The number of halogens is 2. The Kier molecular flexibility index (Phi) is 4.99. The molecule has 0 fully saturated rings. The zero-order chi connectivity index (χ0) is 17.9. The number of aromatic nitrogens is 2. The summed E-state index contributed by atoms with van der Waals surface area (Å²) in [6.07, 6.45) is 1.18. The number of hydrogen-bond acceptors (Lipinski definition) is 5. The second-order valence-electron chi connectivity index (χ2n) is 4.28. The van der Waals surface area contributed by atoms with Gasteiger partial charge in [-0.25, -0.2) is 14.8 Å². The normalized spacial score (nSPS) is 10.7. The number of anilines is 2. The molecule has 1 aromatic carbocycles. The number of ether oxygens (including phenoxy) is 2. The summed E-state index contributed by atoms with van der Waals surface area (Å²) in [6, 6.07) is 2.29. The van der Waals surface area contributed by atoms with Gasteiger partial charge in [-0.05, 0) is 6.07 Å². The van der Waals surface area contributed by atoms with Gasteiger partial charge >= 0.3 is 6.03 Å². The summed E-state index contributed by atoms with van der Waals surface area (Å²) < 4.78 is 17.8. The molecule has 0 saturated carbocycles. The van der Waals surface area contributed by atoms with Crippen LogP contribution in [0.25, 0.3) is 0 Å². The van der Waals surface area contributed by atoms with Gasteiger partial charge in [0.1, 0.15) is 33.7 Å². The van der Waals surface area contributed by atoms with E-state index in [9.17, 15) is 4.79 Å². The van der Waals surface area contributed by atoms with Gasteiger partial charge in [-0.2, -0.15) is 0 Å². The second kappa shape index (κ2) is 7.34. The topological polar surface area (TPSA) is 76.6 Å². The van der Waals surface area contributed by atoms with E-state index >= 15 is 0 Å². The van der Waals surface area contributed by atoms with Gasteiger partial charge in [-0.1, -0.05) is 23.2 Å². The van der Waals surface area contributed by atoms with E-state index in [4.69, 9.17) is 34.0 Å². The van der Waals surface area contributed by atoms with Gasteiger partial charge in [0.05, 0.1) is 21.3 Å². The minimum atomic E-state index is -0.563. The van der Waals surface area contributed by atoms with E-state index in [1.54, 1.807) is 0 Å². The molecule has 0 saturated heterocycles. The lowest BCUT2D eigenvalue weighted by Gasteiger charge is -2.19. The lowest BCUT2D eigenvalue weighted by Crippen LogP contribution is -2.32. The van der Waals surface area contributed by atoms with Crippen molar-refractivity contribution in [2.75, 3.05) is 31.5 Å². The molecule has 122 valence electrons. The second-order valence-corrected chi connectivity index (χ2v) is 5.03. The smallest absolute Gasteiger partial charge is 0.327 e. The number of nitrogens with zero attached hydrogens (tertiary/aromatic N) is 3. The van der Waals surface area contributed by atoms with Crippen LogP contribution in [0.15, 0.2) is 24.6 Å². The Balaban J connectivity index is 2.34. The van der Waals surface area contributed by atoms with Crippen LogP contribution in [0.2, 0.25) is 10.0 Å². The van der Waals surface area contributed by atoms with Gasteiger partial charge in [0.2, 0.25) is 0 Å². The maximum atomic E-state index is 12.4. The number of benzene rings is 1. The summed E-state index contributed by atoms with van der Waals surface area (Å²) in [5.74, 6) is 0.840.